The van der Waals surface area contributed by atoms with E-state index in [2.05, 4.69) is 37.3 Å². The van der Waals surface area contributed by atoms with Crippen LogP contribution < -0.4 is 15.8 Å². The lowest BCUT2D eigenvalue weighted by atomic mass is 10.0. The van der Waals surface area contributed by atoms with E-state index in [-0.39, 0.29) is 12.2 Å². The maximum atomic E-state index is 12.5. The van der Waals surface area contributed by atoms with E-state index in [0.717, 1.165) is 59.6 Å². The van der Waals surface area contributed by atoms with Crippen molar-refractivity contribution in [2.75, 3.05) is 31.1 Å². The van der Waals surface area contributed by atoms with Gasteiger partial charge in [0.2, 0.25) is 0 Å². The maximum absolute atomic E-state index is 12.5. The first kappa shape index (κ1) is 18.6. The van der Waals surface area contributed by atoms with Crippen LogP contribution in [-0.4, -0.2) is 46.2 Å². The van der Waals surface area contributed by atoms with Gasteiger partial charge in [-0.15, -0.1) is 0 Å². The molecule has 7 nitrogen and oxygen atoms in total. The number of piperazine rings is 1. The zero-order valence-electron chi connectivity index (χ0n) is 16.5. The van der Waals surface area contributed by atoms with Crippen molar-refractivity contribution < 1.29 is 5.11 Å². The number of nitrogens with one attached hydrogen (secondary N) is 3. The van der Waals surface area contributed by atoms with Crippen LogP contribution in [0.15, 0.2) is 59.5 Å². The zero-order chi connectivity index (χ0) is 20.5. The molecule has 5 rings (SSSR count). The standard InChI is InChI=1S/C23H23N5O2/c29-14-15-1-3-16(4-2-15)17-11-19(23(30)25-13-17)22-26-20-6-5-18(12-21(20)27-22)28-9-7-24-8-10-28/h1-6,11-13,24,29H,7-10,14H2,(H,25,30)(H,26,27). The van der Waals surface area contributed by atoms with Gasteiger partial charge < -0.3 is 25.3 Å². The molecule has 30 heavy (non-hydrogen) atoms. The third kappa shape index (κ3) is 3.49. The molecule has 0 radical (unpaired) electrons. The lowest BCUT2D eigenvalue weighted by molar-refractivity contribution is 0.282. The summed E-state index contributed by atoms with van der Waals surface area (Å²) in [5.74, 6) is 0.553. The number of rotatable bonds is 4. The summed E-state index contributed by atoms with van der Waals surface area (Å²) >= 11 is 0. The minimum Gasteiger partial charge on any atom is -0.392 e. The summed E-state index contributed by atoms with van der Waals surface area (Å²) in [6.45, 7) is 3.92. The fraction of sp³-hybridized carbons (Fsp3) is 0.217. The molecule has 0 spiro atoms. The van der Waals surface area contributed by atoms with Gasteiger partial charge in [0, 0.05) is 38.1 Å². The van der Waals surface area contributed by atoms with Crippen LogP contribution in [0.3, 0.4) is 0 Å². The van der Waals surface area contributed by atoms with Crippen molar-refractivity contribution in [3.05, 3.63) is 70.6 Å². The van der Waals surface area contributed by atoms with E-state index >= 15 is 0 Å². The van der Waals surface area contributed by atoms with Crippen LogP contribution in [0.2, 0.25) is 0 Å². The predicted molar refractivity (Wildman–Crippen MR) is 119 cm³/mol. The number of nitrogens with zero attached hydrogens (tertiary/aromatic N) is 2. The minimum absolute atomic E-state index is 0.00602. The Labute approximate surface area is 173 Å². The summed E-state index contributed by atoms with van der Waals surface area (Å²) in [7, 11) is 0. The highest BCUT2D eigenvalue weighted by molar-refractivity contribution is 5.83. The highest BCUT2D eigenvalue weighted by Crippen LogP contribution is 2.26. The first-order valence-electron chi connectivity index (χ1n) is 10.1. The maximum Gasteiger partial charge on any atom is 0.259 e. The van der Waals surface area contributed by atoms with Gasteiger partial charge in [0.25, 0.3) is 5.56 Å². The molecule has 0 aliphatic carbocycles. The summed E-state index contributed by atoms with van der Waals surface area (Å²) in [6, 6.07) is 15.6. The molecule has 2 aromatic carbocycles. The van der Waals surface area contributed by atoms with E-state index in [0.29, 0.717) is 11.4 Å². The second-order valence-corrected chi connectivity index (χ2v) is 7.51. The number of aromatic nitrogens is 3. The number of aliphatic hydroxyl groups is 1. The normalized spacial score (nSPS) is 14.4. The van der Waals surface area contributed by atoms with Gasteiger partial charge in [-0.2, -0.15) is 0 Å². The fourth-order valence-corrected chi connectivity index (χ4v) is 3.87. The number of aliphatic hydroxyl groups excluding tert-OH is 1. The topological polar surface area (TPSA) is 97.0 Å². The SMILES string of the molecule is O=c1[nH]cc(-c2ccc(CO)cc2)cc1-c1nc2ccc(N3CCNCC3)cc2[nH]1. The van der Waals surface area contributed by atoms with E-state index in [1.807, 2.05) is 36.4 Å². The van der Waals surface area contributed by atoms with Crippen molar-refractivity contribution >= 4 is 16.7 Å². The second kappa shape index (κ2) is 7.78. The van der Waals surface area contributed by atoms with Gasteiger partial charge in [-0.3, -0.25) is 4.79 Å². The van der Waals surface area contributed by atoms with Gasteiger partial charge in [0.1, 0.15) is 5.82 Å². The number of pyridine rings is 1. The van der Waals surface area contributed by atoms with Crippen molar-refractivity contribution in [2.45, 2.75) is 6.61 Å². The van der Waals surface area contributed by atoms with Crippen molar-refractivity contribution in [1.82, 2.24) is 20.3 Å². The van der Waals surface area contributed by atoms with Gasteiger partial charge in [-0.1, -0.05) is 24.3 Å². The third-order valence-corrected chi connectivity index (χ3v) is 5.58. The molecule has 1 aliphatic rings. The van der Waals surface area contributed by atoms with Gasteiger partial charge >= 0.3 is 0 Å². The summed E-state index contributed by atoms with van der Waals surface area (Å²) in [5, 5.41) is 12.6. The molecule has 0 bridgehead atoms. The number of H-pyrrole nitrogens is 2. The first-order valence-corrected chi connectivity index (χ1v) is 10.1. The molecule has 7 heteroatoms. The molecule has 1 saturated heterocycles. The lowest BCUT2D eigenvalue weighted by Gasteiger charge is -2.29. The number of hydrogen-bond acceptors (Lipinski definition) is 5. The molecule has 4 N–H and O–H groups in total. The monoisotopic (exact) mass is 401 g/mol. The number of anilines is 1. The van der Waals surface area contributed by atoms with Gasteiger partial charge in [-0.25, -0.2) is 4.98 Å². The van der Waals surface area contributed by atoms with E-state index in [1.54, 1.807) is 6.20 Å². The molecule has 2 aromatic heterocycles. The number of benzene rings is 2. The second-order valence-electron chi connectivity index (χ2n) is 7.51. The van der Waals surface area contributed by atoms with Crippen molar-refractivity contribution in [3.63, 3.8) is 0 Å². The number of hydrogen-bond donors (Lipinski definition) is 4. The Hall–Kier alpha value is -3.42. The fourth-order valence-electron chi connectivity index (χ4n) is 3.87. The molecule has 0 unspecified atom stereocenters. The van der Waals surface area contributed by atoms with Gasteiger partial charge in [-0.05, 0) is 41.0 Å². The number of imidazole rings is 1. The highest BCUT2D eigenvalue weighted by Gasteiger charge is 2.14. The van der Waals surface area contributed by atoms with Crippen LogP contribution in [0, 0.1) is 0 Å². The van der Waals surface area contributed by atoms with Gasteiger partial charge in [0.05, 0.1) is 23.2 Å². The van der Waals surface area contributed by atoms with E-state index < -0.39 is 0 Å². The van der Waals surface area contributed by atoms with Crippen LogP contribution in [0.25, 0.3) is 33.5 Å². The predicted octanol–water partition coefficient (Wildman–Crippen LogP) is 2.49. The summed E-state index contributed by atoms with van der Waals surface area (Å²) < 4.78 is 0. The van der Waals surface area contributed by atoms with Crippen LogP contribution in [-0.2, 0) is 6.61 Å². The Morgan fingerprint density at radius 3 is 2.57 bits per heavy atom. The zero-order valence-corrected chi connectivity index (χ0v) is 16.5. The molecule has 1 fully saturated rings. The minimum atomic E-state index is -0.188. The van der Waals surface area contributed by atoms with Crippen LogP contribution in [0.5, 0.6) is 0 Å². The first-order chi connectivity index (χ1) is 14.7. The Kier molecular flexibility index (Phi) is 4.82. The van der Waals surface area contributed by atoms with Crippen molar-refractivity contribution in [1.29, 1.82) is 0 Å². The van der Waals surface area contributed by atoms with Crippen LogP contribution in [0.4, 0.5) is 5.69 Å². The van der Waals surface area contributed by atoms with E-state index in [4.69, 9.17) is 0 Å². The van der Waals surface area contributed by atoms with E-state index in [1.165, 1.54) is 0 Å². The van der Waals surface area contributed by atoms with Crippen LogP contribution in [0.1, 0.15) is 5.56 Å². The lowest BCUT2D eigenvalue weighted by Crippen LogP contribution is -2.43. The number of aromatic amines is 2. The summed E-state index contributed by atoms with van der Waals surface area (Å²) in [4.78, 5) is 25.7. The quantitative estimate of drug-likeness (QED) is 0.421. The smallest absolute Gasteiger partial charge is 0.259 e. The molecule has 3 heterocycles. The van der Waals surface area contributed by atoms with Gasteiger partial charge in [0.15, 0.2) is 0 Å². The average molecular weight is 401 g/mol. The average Bonchev–Trinajstić information content (AvgIpc) is 3.23. The molecule has 1 aliphatic heterocycles. The number of fused-ring (bicyclic) bond motifs is 1. The van der Waals surface area contributed by atoms with Crippen molar-refractivity contribution in [3.8, 4) is 22.5 Å². The molecule has 0 amide bonds. The van der Waals surface area contributed by atoms with Crippen molar-refractivity contribution in [2.24, 2.45) is 0 Å². The Morgan fingerprint density at radius 1 is 1.00 bits per heavy atom. The summed E-state index contributed by atoms with van der Waals surface area (Å²) in [6.07, 6.45) is 1.70. The molecule has 152 valence electrons. The molecule has 0 saturated carbocycles. The third-order valence-electron chi connectivity index (χ3n) is 5.58. The van der Waals surface area contributed by atoms with E-state index in [9.17, 15) is 9.90 Å². The molecule has 0 atom stereocenters. The summed E-state index contributed by atoms with van der Waals surface area (Å²) in [5.41, 5.74) is 5.91. The van der Waals surface area contributed by atoms with Crippen LogP contribution >= 0.6 is 0 Å². The Balaban J connectivity index is 1.51. The largest absolute Gasteiger partial charge is 0.392 e. The highest BCUT2D eigenvalue weighted by atomic mass is 16.3. The molecular weight excluding hydrogens is 378 g/mol. The Bertz CT molecular complexity index is 1240. The molecule has 4 aromatic rings. The molecular formula is C23H23N5O2. The Morgan fingerprint density at radius 2 is 1.80 bits per heavy atom.